The minimum atomic E-state index is 0.120. The molecule has 4 aromatic rings. The number of nitrogens with one attached hydrogen (secondary N) is 2. The minimum Gasteiger partial charge on any atom is -0.351 e. The Hall–Kier alpha value is -3.22. The van der Waals surface area contributed by atoms with Crippen LogP contribution in [0.1, 0.15) is 68.6 Å². The quantitative estimate of drug-likeness (QED) is 0.298. The van der Waals surface area contributed by atoms with Crippen LogP contribution in [-0.2, 0) is 0 Å². The van der Waals surface area contributed by atoms with E-state index in [1.165, 1.54) is 25.7 Å². The van der Waals surface area contributed by atoms with Crippen molar-refractivity contribution in [3.05, 3.63) is 42.5 Å². The van der Waals surface area contributed by atoms with Gasteiger partial charge in [0.15, 0.2) is 5.78 Å². The summed E-state index contributed by atoms with van der Waals surface area (Å²) in [5.74, 6) is 1.76. The Balaban J connectivity index is 1.32. The summed E-state index contributed by atoms with van der Waals surface area (Å²) < 4.78 is 1.81. The molecule has 33 heavy (non-hydrogen) atoms. The molecule has 0 unspecified atom stereocenters. The molecule has 2 aliphatic carbocycles. The maximum Gasteiger partial charge on any atom is 0.224 e. The molecular formula is C26H30N6O. The summed E-state index contributed by atoms with van der Waals surface area (Å²) in [5, 5.41) is 8.86. The van der Waals surface area contributed by atoms with Crippen molar-refractivity contribution in [1.82, 2.24) is 24.6 Å². The van der Waals surface area contributed by atoms with Crippen molar-refractivity contribution in [3.8, 4) is 11.1 Å². The molecule has 2 aliphatic rings. The fraction of sp³-hybridized carbons (Fsp3) is 0.462. The Labute approximate surface area is 193 Å². The van der Waals surface area contributed by atoms with E-state index in [0.717, 1.165) is 64.8 Å². The largest absolute Gasteiger partial charge is 0.351 e. The van der Waals surface area contributed by atoms with Crippen LogP contribution in [0.2, 0.25) is 0 Å². The molecular weight excluding hydrogens is 412 g/mol. The number of hydrogen-bond acceptors (Lipinski definition) is 5. The molecule has 2 saturated carbocycles. The molecule has 7 nitrogen and oxygen atoms in total. The van der Waals surface area contributed by atoms with Gasteiger partial charge in [-0.05, 0) is 56.2 Å². The number of ketones is 1. The molecule has 2 fully saturated rings. The number of aromatic amines is 1. The third-order valence-electron chi connectivity index (χ3n) is 7.44. The van der Waals surface area contributed by atoms with Gasteiger partial charge in [-0.3, -0.25) is 4.79 Å². The Morgan fingerprint density at radius 1 is 1.15 bits per heavy atom. The van der Waals surface area contributed by atoms with Crippen LogP contribution in [0.5, 0.6) is 0 Å². The predicted molar refractivity (Wildman–Crippen MR) is 129 cm³/mol. The van der Waals surface area contributed by atoms with E-state index in [2.05, 4.69) is 33.4 Å². The second-order valence-corrected chi connectivity index (χ2v) is 9.78. The first kappa shape index (κ1) is 20.4. The molecule has 0 bridgehead atoms. The highest BCUT2D eigenvalue weighted by Gasteiger charge is 2.28. The number of H-pyrrole nitrogens is 1. The second-order valence-electron chi connectivity index (χ2n) is 9.78. The van der Waals surface area contributed by atoms with Gasteiger partial charge in [0.1, 0.15) is 5.65 Å². The number of fused-ring (bicyclic) bond motifs is 2. The van der Waals surface area contributed by atoms with Gasteiger partial charge in [0.25, 0.3) is 0 Å². The highest BCUT2D eigenvalue weighted by atomic mass is 16.1. The molecule has 0 aromatic carbocycles. The van der Waals surface area contributed by atoms with Crippen molar-refractivity contribution in [1.29, 1.82) is 0 Å². The van der Waals surface area contributed by atoms with Gasteiger partial charge >= 0.3 is 0 Å². The Morgan fingerprint density at radius 3 is 2.76 bits per heavy atom. The van der Waals surface area contributed by atoms with Crippen molar-refractivity contribution in [2.75, 3.05) is 5.32 Å². The van der Waals surface area contributed by atoms with Gasteiger partial charge in [0.2, 0.25) is 5.95 Å². The van der Waals surface area contributed by atoms with E-state index in [1.807, 2.05) is 24.7 Å². The van der Waals surface area contributed by atoms with Crippen LogP contribution in [-0.4, -0.2) is 36.4 Å². The lowest BCUT2D eigenvalue weighted by Gasteiger charge is -2.12. The number of anilines is 1. The topological polar surface area (TPSA) is 88.0 Å². The van der Waals surface area contributed by atoms with Gasteiger partial charge in [-0.2, -0.15) is 10.1 Å². The molecule has 1 atom stereocenters. The molecule has 0 radical (unpaired) electrons. The first-order valence-electron chi connectivity index (χ1n) is 12.3. The van der Waals surface area contributed by atoms with Crippen molar-refractivity contribution in [3.63, 3.8) is 0 Å². The van der Waals surface area contributed by atoms with Gasteiger partial charge in [0, 0.05) is 41.5 Å². The zero-order valence-electron chi connectivity index (χ0n) is 19.1. The predicted octanol–water partition coefficient (Wildman–Crippen LogP) is 5.64. The van der Waals surface area contributed by atoms with Crippen molar-refractivity contribution >= 4 is 28.3 Å². The van der Waals surface area contributed by atoms with E-state index in [0.29, 0.717) is 12.0 Å². The van der Waals surface area contributed by atoms with E-state index in [-0.39, 0.29) is 11.7 Å². The summed E-state index contributed by atoms with van der Waals surface area (Å²) in [6.45, 7) is 2.19. The van der Waals surface area contributed by atoms with Gasteiger partial charge in [-0.25, -0.2) is 9.50 Å². The van der Waals surface area contributed by atoms with Gasteiger partial charge in [-0.1, -0.05) is 25.7 Å². The number of aromatic nitrogens is 5. The van der Waals surface area contributed by atoms with Crippen molar-refractivity contribution in [2.45, 2.75) is 64.3 Å². The average Bonchev–Trinajstić information content (AvgIpc) is 3.55. The van der Waals surface area contributed by atoms with Crippen LogP contribution in [0, 0.1) is 11.8 Å². The van der Waals surface area contributed by atoms with Crippen LogP contribution in [0.25, 0.3) is 27.7 Å². The lowest BCUT2D eigenvalue weighted by molar-refractivity contribution is 0.0909. The van der Waals surface area contributed by atoms with Crippen molar-refractivity contribution < 1.29 is 4.79 Å². The number of Topliss-reactive ketones (excluding diaryl/α,β-unsaturated/α-hetero) is 1. The Kier molecular flexibility index (Phi) is 5.12. The third kappa shape index (κ3) is 3.90. The molecule has 0 spiro atoms. The Bertz CT molecular complexity index is 1310. The molecule has 2 N–H and O–H groups in total. The van der Waals surface area contributed by atoms with Crippen LogP contribution >= 0.6 is 0 Å². The van der Waals surface area contributed by atoms with Crippen LogP contribution in [0.3, 0.4) is 0 Å². The molecule has 170 valence electrons. The fourth-order valence-corrected chi connectivity index (χ4v) is 5.23. The number of pyridine rings is 1. The number of rotatable bonds is 6. The maximum absolute atomic E-state index is 13.3. The zero-order chi connectivity index (χ0) is 22.4. The summed E-state index contributed by atoms with van der Waals surface area (Å²) in [6, 6.07) is 4.50. The highest BCUT2D eigenvalue weighted by molar-refractivity contribution is 6.04. The summed E-state index contributed by atoms with van der Waals surface area (Å²) in [4.78, 5) is 25.9. The fourth-order valence-electron chi connectivity index (χ4n) is 5.23. The number of carbonyl (C=O) groups excluding carboxylic acids is 1. The summed E-state index contributed by atoms with van der Waals surface area (Å²) >= 11 is 0. The molecule has 0 amide bonds. The van der Waals surface area contributed by atoms with Crippen LogP contribution in [0.4, 0.5) is 5.95 Å². The molecule has 4 aromatic heterocycles. The van der Waals surface area contributed by atoms with Gasteiger partial charge < -0.3 is 10.3 Å². The lowest BCUT2D eigenvalue weighted by Crippen LogP contribution is -2.18. The average molecular weight is 443 g/mol. The van der Waals surface area contributed by atoms with Gasteiger partial charge in [0.05, 0.1) is 17.3 Å². The van der Waals surface area contributed by atoms with E-state index in [1.54, 1.807) is 10.7 Å². The first-order chi connectivity index (χ1) is 16.2. The van der Waals surface area contributed by atoms with E-state index in [4.69, 9.17) is 4.98 Å². The maximum atomic E-state index is 13.3. The molecule has 6 rings (SSSR count). The number of nitrogens with zero attached hydrogens (tertiary/aromatic N) is 4. The lowest BCUT2D eigenvalue weighted by atomic mass is 9.91. The number of carbonyl (C=O) groups is 1. The summed E-state index contributed by atoms with van der Waals surface area (Å²) in [7, 11) is 0. The minimum absolute atomic E-state index is 0.120. The molecule has 0 saturated heterocycles. The SMILES string of the molecule is C[C@@H](Nc1ncc2c(-c3ccn4ncc(C(=O)C5CCCCCC5)c4c3)c[nH]c2n1)C1CC1. The molecule has 0 aliphatic heterocycles. The number of hydrogen-bond donors (Lipinski definition) is 2. The first-order valence-corrected chi connectivity index (χ1v) is 12.3. The van der Waals surface area contributed by atoms with E-state index < -0.39 is 0 Å². The zero-order valence-corrected chi connectivity index (χ0v) is 19.1. The standard InChI is InChI=1S/C26H30N6O/c1-16(17-8-9-17)30-26-28-14-21-20(13-27-25(21)31-26)19-10-11-32-23(12-19)22(15-29-32)24(33)18-6-4-2-3-5-7-18/h10-18H,2-9H2,1H3,(H2,27,28,30,31)/t16-/m1/s1. The summed E-state index contributed by atoms with van der Waals surface area (Å²) in [6.07, 6.45) is 16.8. The van der Waals surface area contributed by atoms with Gasteiger partial charge in [-0.15, -0.1) is 0 Å². The molecule has 4 heterocycles. The van der Waals surface area contributed by atoms with E-state index in [9.17, 15) is 4.79 Å². The van der Waals surface area contributed by atoms with Crippen molar-refractivity contribution in [2.24, 2.45) is 11.8 Å². The second kappa shape index (κ2) is 8.28. The van der Waals surface area contributed by atoms with E-state index >= 15 is 0 Å². The molecule has 7 heteroatoms. The normalized spacial score (nSPS) is 18.5. The third-order valence-corrected chi connectivity index (χ3v) is 7.44. The highest BCUT2D eigenvalue weighted by Crippen LogP contribution is 2.34. The smallest absolute Gasteiger partial charge is 0.224 e. The monoisotopic (exact) mass is 442 g/mol. The Morgan fingerprint density at radius 2 is 1.97 bits per heavy atom. The van der Waals surface area contributed by atoms with Crippen LogP contribution < -0.4 is 5.32 Å². The van der Waals surface area contributed by atoms with Crippen LogP contribution in [0.15, 0.2) is 36.9 Å². The summed E-state index contributed by atoms with van der Waals surface area (Å²) in [5.41, 5.74) is 4.48.